The molecule has 0 amide bonds. The van der Waals surface area contributed by atoms with E-state index >= 15 is 0 Å². The van der Waals surface area contributed by atoms with Gasteiger partial charge in [-0.05, 0) is 49.6 Å². The summed E-state index contributed by atoms with van der Waals surface area (Å²) in [5.74, 6) is 0.842. The van der Waals surface area contributed by atoms with E-state index in [9.17, 15) is 10.2 Å². The molecule has 1 fully saturated rings. The van der Waals surface area contributed by atoms with Crippen LogP contribution in [0.15, 0.2) is 97.6 Å². The van der Waals surface area contributed by atoms with Gasteiger partial charge in [-0.1, -0.05) is 85.9 Å². The highest BCUT2D eigenvalue weighted by Gasteiger charge is 2.78. The van der Waals surface area contributed by atoms with Crippen LogP contribution in [-0.4, -0.2) is 75.3 Å². The van der Waals surface area contributed by atoms with Gasteiger partial charge in [0.25, 0.3) is 0 Å². The molecule has 11 heteroatoms. The minimum absolute atomic E-state index is 0.205. The largest absolute Gasteiger partial charge is 0.497 e. The normalized spacial score (nSPS) is 23.4. The van der Waals surface area contributed by atoms with Gasteiger partial charge in [0, 0.05) is 0 Å². The van der Waals surface area contributed by atoms with Gasteiger partial charge in [0.15, 0.2) is 17.2 Å². The molecule has 246 valence electrons. The third-order valence-electron chi connectivity index (χ3n) is 9.28. The lowest BCUT2D eigenvalue weighted by atomic mass is 9.60. The molecule has 0 bridgehead atoms. The van der Waals surface area contributed by atoms with Gasteiger partial charge < -0.3 is 30.2 Å². The van der Waals surface area contributed by atoms with Crippen molar-refractivity contribution < 1.29 is 24.4 Å². The number of aliphatic hydroxyl groups excluding tert-OH is 2. The van der Waals surface area contributed by atoms with Crippen molar-refractivity contribution in [2.45, 2.75) is 68.0 Å². The zero-order valence-corrected chi connectivity index (χ0v) is 28.8. The lowest BCUT2D eigenvalue weighted by Crippen LogP contribution is -2.74. The first-order valence-electron chi connectivity index (χ1n) is 15.8. The Morgan fingerprint density at radius 1 is 0.915 bits per heavy atom. The molecule has 4 N–H and O–H groups in total. The average molecular weight is 654 g/mol. The smallest absolute Gasteiger partial charge is 0.194 e. The van der Waals surface area contributed by atoms with E-state index in [1.54, 1.807) is 13.4 Å². The maximum absolute atomic E-state index is 12.7. The van der Waals surface area contributed by atoms with Gasteiger partial charge in [-0.3, -0.25) is 4.57 Å². The van der Waals surface area contributed by atoms with Crippen LogP contribution in [-0.2, 0) is 20.6 Å². The number of rotatable bonds is 9. The third-order valence-corrected chi connectivity index (χ3v) is 11.8. The number of nitrogens with two attached hydrogens (primary N) is 1. The van der Waals surface area contributed by atoms with E-state index in [-0.39, 0.29) is 5.82 Å². The molecule has 1 saturated heterocycles. The Morgan fingerprint density at radius 3 is 2.09 bits per heavy atom. The number of fused-ring (bicyclic) bond motifs is 1. The number of imidazole rings is 1. The Balaban J connectivity index is 1.96. The highest BCUT2D eigenvalue weighted by molar-refractivity contribution is 6.60. The molecular formula is C36H43N5O5Si. The average Bonchev–Trinajstić information content (AvgIpc) is 3.61. The monoisotopic (exact) mass is 653 g/mol. The van der Waals surface area contributed by atoms with Gasteiger partial charge in [-0.25, -0.2) is 15.0 Å². The van der Waals surface area contributed by atoms with Crippen LogP contribution in [0.2, 0.25) is 13.1 Å². The standard InChI is InChI=1S/C36H43N5O5Si/c1-33(2,3)46-35(47(5)6)30(43)28(21-42)45-36(35,41-23-40-29-31(37)38-22-39-32(29)41)34(24-14-9-7-10-15-24,25-16-11-8-12-17-25)26-18-13-19-27(20-26)44-4/h7-20,22-23,28,30,42-43,47H,21H2,1-6H3,(H2,37,38,39)/t28-,30-,35+,36-/m1/s1. The maximum Gasteiger partial charge on any atom is 0.194 e. The number of hydrogen-bond acceptors (Lipinski definition) is 9. The number of aliphatic hydroxyl groups is 2. The molecule has 1 aliphatic heterocycles. The van der Waals surface area contributed by atoms with Crippen LogP contribution >= 0.6 is 0 Å². The molecular weight excluding hydrogens is 611 g/mol. The van der Waals surface area contributed by atoms with Crippen molar-refractivity contribution in [2.24, 2.45) is 0 Å². The van der Waals surface area contributed by atoms with Gasteiger partial charge in [-0.15, -0.1) is 0 Å². The number of ether oxygens (including phenoxy) is 3. The number of aromatic nitrogens is 4. The molecule has 0 aliphatic carbocycles. The summed E-state index contributed by atoms with van der Waals surface area (Å²) in [4.78, 5) is 13.7. The lowest BCUT2D eigenvalue weighted by molar-refractivity contribution is -0.236. The molecule has 0 unspecified atom stereocenters. The van der Waals surface area contributed by atoms with Crippen molar-refractivity contribution in [1.82, 2.24) is 19.5 Å². The lowest BCUT2D eigenvalue weighted by Gasteiger charge is -2.59. The summed E-state index contributed by atoms with van der Waals surface area (Å²) in [5, 5.41) is 22.3. The van der Waals surface area contributed by atoms with Gasteiger partial charge in [0.1, 0.15) is 35.0 Å². The molecule has 3 aromatic carbocycles. The summed E-state index contributed by atoms with van der Waals surface area (Å²) in [6, 6.07) is 28.0. The van der Waals surface area contributed by atoms with Gasteiger partial charge in [0.2, 0.25) is 0 Å². The molecule has 0 radical (unpaired) electrons. The number of anilines is 1. The topological polar surface area (TPSA) is 138 Å². The predicted octanol–water partition coefficient (Wildman–Crippen LogP) is 4.44. The van der Waals surface area contributed by atoms with Crippen LogP contribution in [0.4, 0.5) is 5.82 Å². The van der Waals surface area contributed by atoms with Crippen molar-refractivity contribution in [2.75, 3.05) is 19.5 Å². The second kappa shape index (κ2) is 12.1. The summed E-state index contributed by atoms with van der Waals surface area (Å²) < 4.78 is 22.5. The summed E-state index contributed by atoms with van der Waals surface area (Å²) in [7, 11) is -0.649. The van der Waals surface area contributed by atoms with Gasteiger partial charge >= 0.3 is 0 Å². The number of benzene rings is 3. The van der Waals surface area contributed by atoms with Crippen LogP contribution in [0.3, 0.4) is 0 Å². The predicted molar refractivity (Wildman–Crippen MR) is 184 cm³/mol. The van der Waals surface area contributed by atoms with Gasteiger partial charge in [-0.2, -0.15) is 0 Å². The van der Waals surface area contributed by atoms with Crippen molar-refractivity contribution in [3.8, 4) is 5.75 Å². The Bertz CT molecular complexity index is 1810. The van der Waals surface area contributed by atoms with E-state index in [4.69, 9.17) is 29.9 Å². The maximum atomic E-state index is 12.7. The summed E-state index contributed by atoms with van der Waals surface area (Å²) in [5.41, 5.74) is 5.97. The molecule has 6 rings (SSSR count). The van der Waals surface area contributed by atoms with Crippen molar-refractivity contribution >= 4 is 25.8 Å². The van der Waals surface area contributed by atoms with Crippen molar-refractivity contribution in [1.29, 1.82) is 0 Å². The fourth-order valence-electron chi connectivity index (χ4n) is 7.69. The molecule has 3 heterocycles. The van der Waals surface area contributed by atoms with E-state index in [0.717, 1.165) is 16.7 Å². The van der Waals surface area contributed by atoms with Crippen LogP contribution in [0, 0.1) is 0 Å². The first kappa shape index (κ1) is 32.8. The Hall–Kier alpha value is -4.13. The quantitative estimate of drug-likeness (QED) is 0.156. The van der Waals surface area contributed by atoms with Gasteiger partial charge in [0.05, 0.1) is 39.9 Å². The molecule has 2 aromatic heterocycles. The van der Waals surface area contributed by atoms with E-state index < -0.39 is 49.6 Å². The minimum atomic E-state index is -2.28. The second-order valence-electron chi connectivity index (χ2n) is 13.3. The molecule has 5 aromatic rings. The van der Waals surface area contributed by atoms with Crippen molar-refractivity contribution in [3.63, 3.8) is 0 Å². The zero-order chi connectivity index (χ0) is 33.6. The molecule has 4 atom stereocenters. The Labute approximate surface area is 276 Å². The first-order valence-corrected chi connectivity index (χ1v) is 18.7. The zero-order valence-electron chi connectivity index (χ0n) is 27.7. The minimum Gasteiger partial charge on any atom is -0.497 e. The number of nitrogens with zero attached hydrogens (tertiary/aromatic N) is 4. The van der Waals surface area contributed by atoms with Crippen LogP contribution in [0.5, 0.6) is 5.75 Å². The SMILES string of the molecule is COc1cccc(C(c2ccccc2)(c2ccccc2)[C@@]2(n3cnc4c(N)ncnc43)O[C@H](CO)[C@@H](O)[C@]2(OC(C)(C)C)[SiH](C)C)c1. The van der Waals surface area contributed by atoms with Crippen LogP contribution in [0.1, 0.15) is 37.5 Å². The number of methoxy groups -OCH3 is 1. The fraction of sp³-hybridized carbons (Fsp3) is 0.361. The summed E-state index contributed by atoms with van der Waals surface area (Å²) in [6.07, 6.45) is 0.754. The Morgan fingerprint density at radius 2 is 1.53 bits per heavy atom. The molecule has 0 saturated carbocycles. The van der Waals surface area contributed by atoms with E-state index in [1.807, 2.05) is 86.0 Å². The number of nitrogen functional groups attached to an aromatic ring is 1. The highest BCUT2D eigenvalue weighted by atomic mass is 28.3. The molecule has 0 spiro atoms. The fourth-order valence-corrected chi connectivity index (χ4v) is 10.4. The van der Waals surface area contributed by atoms with Crippen LogP contribution in [0.25, 0.3) is 11.2 Å². The molecule has 47 heavy (non-hydrogen) atoms. The third kappa shape index (κ3) is 4.79. The molecule has 10 nitrogen and oxygen atoms in total. The number of hydrogen-bond donors (Lipinski definition) is 3. The van der Waals surface area contributed by atoms with E-state index in [2.05, 4.69) is 42.3 Å². The Kier molecular flexibility index (Phi) is 8.48. The van der Waals surface area contributed by atoms with E-state index in [1.165, 1.54) is 6.33 Å². The summed E-state index contributed by atoms with van der Waals surface area (Å²) >= 11 is 0. The van der Waals surface area contributed by atoms with Crippen molar-refractivity contribution in [3.05, 3.63) is 114 Å². The first-order chi connectivity index (χ1) is 22.5. The second-order valence-corrected chi connectivity index (χ2v) is 16.5. The van der Waals surface area contributed by atoms with Crippen LogP contribution < -0.4 is 10.5 Å². The highest BCUT2D eigenvalue weighted by Crippen LogP contribution is 2.64. The summed E-state index contributed by atoms with van der Waals surface area (Å²) in [6.45, 7) is 9.74. The van der Waals surface area contributed by atoms with E-state index in [0.29, 0.717) is 16.9 Å². The molecule has 1 aliphatic rings.